The summed E-state index contributed by atoms with van der Waals surface area (Å²) in [7, 11) is -3.70. The number of benzene rings is 1. The monoisotopic (exact) mass is 625 g/mol. The number of hydrogen-bond donors (Lipinski definition) is 2. The van der Waals surface area contributed by atoms with Crippen LogP contribution in [0.15, 0.2) is 35.4 Å². The highest BCUT2D eigenvalue weighted by Crippen LogP contribution is 2.34. The van der Waals surface area contributed by atoms with E-state index in [0.29, 0.717) is 31.6 Å². The molecule has 12 heteroatoms. The van der Waals surface area contributed by atoms with Crippen LogP contribution >= 0.6 is 0 Å². The smallest absolute Gasteiger partial charge is 0.410 e. The molecule has 5 rings (SSSR count). The number of amides is 1. The molecule has 1 aromatic carbocycles. The molecule has 3 heterocycles. The number of fused-ring (bicyclic) bond motifs is 1. The molecule has 0 bridgehead atoms. The van der Waals surface area contributed by atoms with Crippen molar-refractivity contribution in [1.29, 1.82) is 0 Å². The lowest BCUT2D eigenvalue weighted by atomic mass is 9.96. The molecule has 2 aliphatic rings. The number of aromatic nitrogens is 4. The molecule has 11 nitrogen and oxygen atoms in total. The van der Waals surface area contributed by atoms with E-state index in [4.69, 9.17) is 14.8 Å². The normalized spacial score (nSPS) is 17.2. The number of unbranched alkanes of at least 4 members (excludes halogenated alkanes) is 1. The summed E-state index contributed by atoms with van der Waals surface area (Å²) in [5.41, 5.74) is 1.87. The Bertz CT molecular complexity index is 1520. The van der Waals surface area contributed by atoms with Gasteiger partial charge in [0.15, 0.2) is 5.65 Å². The fourth-order valence-electron chi connectivity index (χ4n) is 5.93. The van der Waals surface area contributed by atoms with Crippen LogP contribution in [0.2, 0.25) is 0 Å². The average Bonchev–Trinajstić information content (AvgIpc) is 3.39. The summed E-state index contributed by atoms with van der Waals surface area (Å²) in [4.78, 5) is 23.7. The predicted octanol–water partition coefficient (Wildman–Crippen LogP) is 6.14. The molecule has 1 aliphatic heterocycles. The van der Waals surface area contributed by atoms with Crippen LogP contribution in [0.25, 0.3) is 22.3 Å². The third kappa shape index (κ3) is 7.87. The number of carbonyl (C=O) groups excluding carboxylic acids is 1. The van der Waals surface area contributed by atoms with Gasteiger partial charge in [-0.2, -0.15) is 10.1 Å². The highest BCUT2D eigenvalue weighted by molar-refractivity contribution is 7.89. The van der Waals surface area contributed by atoms with Gasteiger partial charge in [-0.15, -0.1) is 0 Å². The van der Waals surface area contributed by atoms with E-state index >= 15 is 0 Å². The number of sulfonamides is 1. The SMILES string of the molecule is CCCCNc1ncc2c(-c3ccc(S(=O)(=O)NCC4CCN(C(=O)OC(C)(C)C)CC4)cc3)nn(C3CCCCC3)c2n1. The maximum Gasteiger partial charge on any atom is 0.410 e. The van der Waals surface area contributed by atoms with Crippen molar-refractivity contribution in [1.82, 2.24) is 29.4 Å². The molecule has 0 unspecified atom stereocenters. The minimum Gasteiger partial charge on any atom is -0.444 e. The van der Waals surface area contributed by atoms with Gasteiger partial charge in [0.25, 0.3) is 0 Å². The number of rotatable bonds is 10. The Labute approximate surface area is 261 Å². The van der Waals surface area contributed by atoms with Crippen LogP contribution in [0.5, 0.6) is 0 Å². The maximum absolute atomic E-state index is 13.2. The van der Waals surface area contributed by atoms with Crippen LogP contribution in [-0.2, 0) is 14.8 Å². The maximum atomic E-state index is 13.2. The molecule has 0 spiro atoms. The summed E-state index contributed by atoms with van der Waals surface area (Å²) in [5.74, 6) is 0.761. The van der Waals surface area contributed by atoms with Crippen molar-refractivity contribution >= 4 is 33.1 Å². The van der Waals surface area contributed by atoms with E-state index in [1.807, 2.05) is 39.1 Å². The third-order valence-electron chi connectivity index (χ3n) is 8.45. The topological polar surface area (TPSA) is 131 Å². The highest BCUT2D eigenvalue weighted by Gasteiger charge is 2.28. The molecule has 1 saturated carbocycles. The van der Waals surface area contributed by atoms with Gasteiger partial charge in [-0.25, -0.2) is 27.6 Å². The van der Waals surface area contributed by atoms with Gasteiger partial charge in [0.05, 0.1) is 16.3 Å². The summed E-state index contributed by atoms with van der Waals surface area (Å²) in [5, 5.41) is 9.23. The zero-order valence-electron chi connectivity index (χ0n) is 26.5. The molecule has 0 atom stereocenters. The van der Waals surface area contributed by atoms with Crippen molar-refractivity contribution in [3.05, 3.63) is 30.5 Å². The first kappa shape index (κ1) is 32.2. The van der Waals surface area contributed by atoms with E-state index in [1.165, 1.54) is 19.3 Å². The summed E-state index contributed by atoms with van der Waals surface area (Å²) in [6, 6.07) is 7.19. The molecule has 3 aromatic rings. The number of likely N-dealkylation sites (tertiary alicyclic amines) is 1. The molecular formula is C32H47N7O4S. The van der Waals surface area contributed by atoms with Gasteiger partial charge in [0, 0.05) is 37.9 Å². The van der Waals surface area contributed by atoms with E-state index in [2.05, 4.69) is 26.6 Å². The Kier molecular flexibility index (Phi) is 10.1. The van der Waals surface area contributed by atoms with E-state index in [9.17, 15) is 13.2 Å². The van der Waals surface area contributed by atoms with Crippen molar-refractivity contribution in [3.8, 4) is 11.3 Å². The van der Waals surface area contributed by atoms with Crippen LogP contribution in [-0.4, -0.2) is 70.9 Å². The van der Waals surface area contributed by atoms with Crippen molar-refractivity contribution < 1.29 is 17.9 Å². The van der Waals surface area contributed by atoms with Gasteiger partial charge in [-0.05, 0) is 70.9 Å². The lowest BCUT2D eigenvalue weighted by molar-refractivity contribution is 0.0185. The molecule has 2 aromatic heterocycles. The lowest BCUT2D eigenvalue weighted by Crippen LogP contribution is -2.43. The first-order chi connectivity index (χ1) is 21.0. The second kappa shape index (κ2) is 13.8. The Balaban J connectivity index is 1.27. The Morgan fingerprint density at radius 1 is 1.05 bits per heavy atom. The predicted molar refractivity (Wildman–Crippen MR) is 172 cm³/mol. The zero-order chi connectivity index (χ0) is 31.3. The van der Waals surface area contributed by atoms with Gasteiger partial charge in [0.2, 0.25) is 16.0 Å². The first-order valence-corrected chi connectivity index (χ1v) is 17.6. The summed E-state index contributed by atoms with van der Waals surface area (Å²) < 4.78 is 36.7. The third-order valence-corrected chi connectivity index (χ3v) is 9.89. The molecule has 2 fully saturated rings. The fourth-order valence-corrected chi connectivity index (χ4v) is 7.04. The van der Waals surface area contributed by atoms with Crippen molar-refractivity contribution in [2.24, 2.45) is 5.92 Å². The second-order valence-corrected chi connectivity index (χ2v) is 14.9. The number of carbonyl (C=O) groups is 1. The highest BCUT2D eigenvalue weighted by atomic mass is 32.2. The van der Waals surface area contributed by atoms with Crippen LogP contribution in [0.4, 0.5) is 10.7 Å². The van der Waals surface area contributed by atoms with Gasteiger partial charge >= 0.3 is 6.09 Å². The van der Waals surface area contributed by atoms with Gasteiger partial charge < -0.3 is 15.0 Å². The van der Waals surface area contributed by atoms with E-state index < -0.39 is 15.6 Å². The number of nitrogens with one attached hydrogen (secondary N) is 2. The van der Waals surface area contributed by atoms with Gasteiger partial charge in [-0.3, -0.25) is 0 Å². The Morgan fingerprint density at radius 2 is 1.75 bits per heavy atom. The Hall–Kier alpha value is -3.25. The van der Waals surface area contributed by atoms with Gasteiger partial charge in [-0.1, -0.05) is 44.7 Å². The molecular weight excluding hydrogens is 578 g/mol. The largest absolute Gasteiger partial charge is 0.444 e. The standard InChI is InChI=1S/C32H47N7O4S/c1-5-6-18-33-30-34-22-27-28(37-39(29(27)36-30)25-10-8-7-9-11-25)24-12-14-26(15-13-24)44(41,42)35-21-23-16-19-38(20-17-23)31(40)43-32(2,3)4/h12-15,22-23,25,35H,5-11,16-21H2,1-4H3,(H,33,34,36). The van der Waals surface area contributed by atoms with E-state index in [1.54, 1.807) is 17.0 Å². The van der Waals surface area contributed by atoms with Crippen molar-refractivity contribution in [2.45, 2.75) is 102 Å². The number of anilines is 1. The minimum atomic E-state index is -3.70. The van der Waals surface area contributed by atoms with Crippen LogP contribution < -0.4 is 10.0 Å². The number of nitrogens with zero attached hydrogens (tertiary/aromatic N) is 5. The minimum absolute atomic E-state index is 0.152. The number of hydrogen-bond acceptors (Lipinski definition) is 8. The molecule has 2 N–H and O–H groups in total. The lowest BCUT2D eigenvalue weighted by Gasteiger charge is -2.33. The molecule has 44 heavy (non-hydrogen) atoms. The van der Waals surface area contributed by atoms with Gasteiger partial charge in [0.1, 0.15) is 11.3 Å². The molecule has 240 valence electrons. The van der Waals surface area contributed by atoms with E-state index in [-0.39, 0.29) is 16.9 Å². The summed E-state index contributed by atoms with van der Waals surface area (Å²) >= 11 is 0. The molecule has 1 amide bonds. The molecule has 1 saturated heterocycles. The van der Waals surface area contributed by atoms with Crippen LogP contribution in [0.1, 0.15) is 91.5 Å². The quantitative estimate of drug-likeness (QED) is 0.257. The van der Waals surface area contributed by atoms with Crippen LogP contribution in [0, 0.1) is 5.92 Å². The zero-order valence-corrected chi connectivity index (χ0v) is 27.3. The molecule has 0 radical (unpaired) electrons. The summed E-state index contributed by atoms with van der Waals surface area (Å²) in [6.45, 7) is 9.96. The second-order valence-electron chi connectivity index (χ2n) is 13.1. The van der Waals surface area contributed by atoms with Crippen molar-refractivity contribution in [3.63, 3.8) is 0 Å². The number of ether oxygens (including phenoxy) is 1. The molecule has 1 aliphatic carbocycles. The van der Waals surface area contributed by atoms with E-state index in [0.717, 1.165) is 67.4 Å². The van der Waals surface area contributed by atoms with Crippen LogP contribution in [0.3, 0.4) is 0 Å². The number of piperidine rings is 1. The average molecular weight is 626 g/mol. The first-order valence-electron chi connectivity index (χ1n) is 16.1. The van der Waals surface area contributed by atoms with Crippen molar-refractivity contribution in [2.75, 3.05) is 31.5 Å². The fraction of sp³-hybridized carbons (Fsp3) is 0.625. The summed E-state index contributed by atoms with van der Waals surface area (Å²) in [6.07, 6.45) is 10.8. The Morgan fingerprint density at radius 3 is 2.41 bits per heavy atom.